The van der Waals surface area contributed by atoms with Crippen LogP contribution in [-0.4, -0.2) is 23.6 Å². The Balaban J connectivity index is 1.99. The molecule has 0 aromatic heterocycles. The Hall–Kier alpha value is -1.25. The first-order chi connectivity index (χ1) is 8.74. The average Bonchev–Trinajstić information content (AvgIpc) is 2.38. The summed E-state index contributed by atoms with van der Waals surface area (Å²) < 4.78 is 5.81. The van der Waals surface area contributed by atoms with Crippen LogP contribution < -0.4 is 4.74 Å². The molecule has 3 heteroatoms. The zero-order valence-electron chi connectivity index (χ0n) is 10.4. The summed E-state index contributed by atoms with van der Waals surface area (Å²) in [6, 6.07) is 12.6. The van der Waals surface area contributed by atoms with E-state index in [1.165, 1.54) is 16.3 Å². The number of halogens is 1. The van der Waals surface area contributed by atoms with Gasteiger partial charge in [0.25, 0.3) is 0 Å². The second-order valence-electron chi connectivity index (χ2n) is 4.83. The molecule has 0 amide bonds. The first-order valence-corrected chi connectivity index (χ1v) is 6.67. The molecule has 0 aliphatic carbocycles. The van der Waals surface area contributed by atoms with Crippen LogP contribution >= 0.6 is 11.6 Å². The van der Waals surface area contributed by atoms with E-state index in [0.29, 0.717) is 6.73 Å². The number of alkyl halides is 1. The average molecular weight is 262 g/mol. The third kappa shape index (κ3) is 2.18. The van der Waals surface area contributed by atoms with Crippen molar-refractivity contribution in [3.8, 4) is 5.75 Å². The molecule has 1 atom stereocenters. The van der Waals surface area contributed by atoms with Crippen molar-refractivity contribution >= 4 is 22.4 Å². The molecule has 2 aromatic carbocycles. The molecular formula is C15H16ClNO. The van der Waals surface area contributed by atoms with E-state index in [9.17, 15) is 0 Å². The Morgan fingerprint density at radius 3 is 2.94 bits per heavy atom. The van der Waals surface area contributed by atoms with Gasteiger partial charge in [-0.15, -0.1) is 11.6 Å². The summed E-state index contributed by atoms with van der Waals surface area (Å²) >= 11 is 6.06. The Morgan fingerprint density at radius 1 is 1.28 bits per heavy atom. The van der Waals surface area contributed by atoms with E-state index in [4.69, 9.17) is 16.3 Å². The number of nitrogens with zero attached hydrogens (tertiary/aromatic N) is 1. The third-order valence-electron chi connectivity index (χ3n) is 3.29. The van der Waals surface area contributed by atoms with E-state index in [0.717, 1.165) is 18.8 Å². The Labute approximate surface area is 112 Å². The van der Waals surface area contributed by atoms with Crippen molar-refractivity contribution in [3.63, 3.8) is 0 Å². The van der Waals surface area contributed by atoms with E-state index in [2.05, 4.69) is 41.3 Å². The predicted molar refractivity (Wildman–Crippen MR) is 75.2 cm³/mol. The minimum Gasteiger partial charge on any atom is -0.478 e. The zero-order valence-corrected chi connectivity index (χ0v) is 11.2. The van der Waals surface area contributed by atoms with Crippen LogP contribution in [0.2, 0.25) is 0 Å². The summed E-state index contributed by atoms with van der Waals surface area (Å²) in [5.41, 5.74) is 1.27. The topological polar surface area (TPSA) is 12.5 Å². The van der Waals surface area contributed by atoms with Crippen molar-refractivity contribution in [2.45, 2.75) is 18.8 Å². The summed E-state index contributed by atoms with van der Waals surface area (Å²) in [5, 5.41) is 2.69. The second-order valence-corrected chi connectivity index (χ2v) is 5.57. The SMILES string of the molecule is CC(Cl)CN1COc2ccc3ccccc3c2C1. The van der Waals surface area contributed by atoms with Crippen molar-refractivity contribution < 1.29 is 4.74 Å². The van der Waals surface area contributed by atoms with Gasteiger partial charge in [-0.05, 0) is 23.8 Å². The second kappa shape index (κ2) is 4.79. The lowest BCUT2D eigenvalue weighted by atomic mass is 10.0. The summed E-state index contributed by atoms with van der Waals surface area (Å²) in [6.07, 6.45) is 0. The molecular weight excluding hydrogens is 246 g/mol. The van der Waals surface area contributed by atoms with Gasteiger partial charge in [0, 0.05) is 24.0 Å². The smallest absolute Gasteiger partial charge is 0.142 e. The molecule has 2 aromatic rings. The molecule has 18 heavy (non-hydrogen) atoms. The fourth-order valence-corrected chi connectivity index (χ4v) is 2.71. The molecule has 0 N–H and O–H groups in total. The fourth-order valence-electron chi connectivity index (χ4n) is 2.52. The van der Waals surface area contributed by atoms with Crippen LogP contribution in [0.5, 0.6) is 5.75 Å². The molecule has 1 unspecified atom stereocenters. The molecule has 0 bridgehead atoms. The molecule has 3 rings (SSSR count). The molecule has 1 aliphatic rings. The van der Waals surface area contributed by atoms with Gasteiger partial charge in [0.2, 0.25) is 0 Å². The summed E-state index contributed by atoms with van der Waals surface area (Å²) in [7, 11) is 0. The van der Waals surface area contributed by atoms with E-state index in [-0.39, 0.29) is 5.38 Å². The highest BCUT2D eigenvalue weighted by Crippen LogP contribution is 2.32. The normalized spacial score (nSPS) is 17.2. The Morgan fingerprint density at radius 2 is 2.11 bits per heavy atom. The van der Waals surface area contributed by atoms with Crippen molar-refractivity contribution in [3.05, 3.63) is 42.0 Å². The van der Waals surface area contributed by atoms with Crippen molar-refractivity contribution in [1.29, 1.82) is 0 Å². The van der Waals surface area contributed by atoms with Crippen LogP contribution in [0.4, 0.5) is 0 Å². The Bertz CT molecular complexity index is 567. The molecule has 1 heterocycles. The van der Waals surface area contributed by atoms with Gasteiger partial charge >= 0.3 is 0 Å². The van der Waals surface area contributed by atoms with Gasteiger partial charge in [-0.3, -0.25) is 4.90 Å². The van der Waals surface area contributed by atoms with Gasteiger partial charge in [-0.1, -0.05) is 30.3 Å². The van der Waals surface area contributed by atoms with Gasteiger partial charge in [0.15, 0.2) is 0 Å². The number of hydrogen-bond donors (Lipinski definition) is 0. The van der Waals surface area contributed by atoms with Crippen LogP contribution in [-0.2, 0) is 6.54 Å². The lowest BCUT2D eigenvalue weighted by molar-refractivity contribution is 0.0973. The molecule has 1 aliphatic heterocycles. The van der Waals surface area contributed by atoms with Gasteiger partial charge in [0.1, 0.15) is 12.5 Å². The maximum absolute atomic E-state index is 6.06. The summed E-state index contributed by atoms with van der Waals surface area (Å²) in [5.74, 6) is 1.01. The minimum atomic E-state index is 0.144. The minimum absolute atomic E-state index is 0.144. The standard InChI is InChI=1S/C15H16ClNO/c1-11(16)8-17-9-14-13-5-3-2-4-12(13)6-7-15(14)18-10-17/h2-7,11H,8-10H2,1H3. The highest BCUT2D eigenvalue weighted by atomic mass is 35.5. The maximum atomic E-state index is 6.06. The number of fused-ring (bicyclic) bond motifs is 3. The quantitative estimate of drug-likeness (QED) is 0.766. The van der Waals surface area contributed by atoms with E-state index >= 15 is 0 Å². The van der Waals surface area contributed by atoms with Gasteiger partial charge < -0.3 is 4.74 Å². The van der Waals surface area contributed by atoms with Crippen molar-refractivity contribution in [1.82, 2.24) is 4.90 Å². The van der Waals surface area contributed by atoms with E-state index in [1.54, 1.807) is 0 Å². The maximum Gasteiger partial charge on any atom is 0.142 e. The van der Waals surface area contributed by atoms with Gasteiger partial charge in [0.05, 0.1) is 0 Å². The first kappa shape index (κ1) is 11.8. The molecule has 94 valence electrons. The zero-order chi connectivity index (χ0) is 12.5. The van der Waals surface area contributed by atoms with Gasteiger partial charge in [-0.2, -0.15) is 0 Å². The Kier molecular flexibility index (Phi) is 3.14. The molecule has 2 nitrogen and oxygen atoms in total. The predicted octanol–water partition coefficient (Wildman–Crippen LogP) is 3.62. The molecule has 0 fully saturated rings. The number of hydrogen-bond acceptors (Lipinski definition) is 2. The molecule has 0 spiro atoms. The highest BCUT2D eigenvalue weighted by Gasteiger charge is 2.20. The fraction of sp³-hybridized carbons (Fsp3) is 0.333. The van der Waals surface area contributed by atoms with E-state index < -0.39 is 0 Å². The summed E-state index contributed by atoms with van der Waals surface area (Å²) in [6.45, 7) is 4.40. The molecule has 0 saturated heterocycles. The lowest BCUT2D eigenvalue weighted by Gasteiger charge is -2.30. The van der Waals surface area contributed by atoms with Crippen molar-refractivity contribution in [2.24, 2.45) is 0 Å². The number of rotatable bonds is 2. The van der Waals surface area contributed by atoms with Crippen molar-refractivity contribution in [2.75, 3.05) is 13.3 Å². The van der Waals surface area contributed by atoms with Gasteiger partial charge in [-0.25, -0.2) is 0 Å². The monoisotopic (exact) mass is 261 g/mol. The van der Waals surface area contributed by atoms with Crippen LogP contribution in [0.25, 0.3) is 10.8 Å². The largest absolute Gasteiger partial charge is 0.478 e. The van der Waals surface area contributed by atoms with Crippen LogP contribution in [0.3, 0.4) is 0 Å². The van der Waals surface area contributed by atoms with Crippen LogP contribution in [0.1, 0.15) is 12.5 Å². The molecule has 0 saturated carbocycles. The number of benzene rings is 2. The summed E-state index contributed by atoms with van der Waals surface area (Å²) in [4.78, 5) is 2.24. The highest BCUT2D eigenvalue weighted by molar-refractivity contribution is 6.20. The first-order valence-electron chi connectivity index (χ1n) is 6.24. The van der Waals surface area contributed by atoms with Crippen LogP contribution in [0, 0.1) is 0 Å². The molecule has 0 radical (unpaired) electrons. The lowest BCUT2D eigenvalue weighted by Crippen LogP contribution is -2.35. The van der Waals surface area contributed by atoms with Crippen LogP contribution in [0.15, 0.2) is 36.4 Å². The number of ether oxygens (including phenoxy) is 1. The third-order valence-corrected chi connectivity index (χ3v) is 3.43. The van der Waals surface area contributed by atoms with E-state index in [1.807, 2.05) is 6.92 Å².